The van der Waals surface area contributed by atoms with Crippen LogP contribution in [0.15, 0.2) is 85.1 Å². The highest BCUT2D eigenvalue weighted by Gasteiger charge is 2.27. The Hall–Kier alpha value is -2.85. The molecule has 0 heterocycles. The van der Waals surface area contributed by atoms with Crippen molar-refractivity contribution < 1.29 is 47.8 Å². The molecule has 0 aliphatic heterocycles. The van der Waals surface area contributed by atoms with Crippen LogP contribution in [0.4, 0.5) is 0 Å². The zero-order chi connectivity index (χ0) is 41.9. The molecule has 0 fully saturated rings. The summed E-state index contributed by atoms with van der Waals surface area (Å²) in [5, 5.41) is 18.3. The summed E-state index contributed by atoms with van der Waals surface area (Å²) in [4.78, 5) is 35.0. The Labute approximate surface area is 345 Å². The van der Waals surface area contributed by atoms with Crippen molar-refractivity contribution in [3.8, 4) is 0 Å². The van der Waals surface area contributed by atoms with Gasteiger partial charge in [0.05, 0.1) is 19.8 Å². The summed E-state index contributed by atoms with van der Waals surface area (Å²) in [5.41, 5.74) is 0. The number of hydrogen-bond donors (Lipinski definition) is 3. The molecule has 0 saturated heterocycles. The number of hydrogen-bond acceptors (Lipinski definition) is 9. The molecule has 10 nitrogen and oxygen atoms in total. The summed E-state index contributed by atoms with van der Waals surface area (Å²) in [7, 11) is -4.64. The molecule has 0 aliphatic rings. The van der Waals surface area contributed by atoms with Crippen molar-refractivity contribution in [2.45, 2.75) is 167 Å². The molecule has 0 bridgehead atoms. The number of allylic oxidation sites excluding steroid dienone is 14. The summed E-state index contributed by atoms with van der Waals surface area (Å²) in [6, 6.07) is 0. The first-order valence-electron chi connectivity index (χ1n) is 21.5. The number of phosphoric acid groups is 1. The first kappa shape index (κ1) is 54.2. The number of unbranched alkanes of at least 4 members (excludes halogenated alkanes) is 11. The lowest BCUT2D eigenvalue weighted by molar-refractivity contribution is -0.161. The van der Waals surface area contributed by atoms with Crippen LogP contribution in [0.5, 0.6) is 0 Å². The molecule has 1 unspecified atom stereocenters. The second-order valence-corrected chi connectivity index (χ2v) is 15.5. The maximum absolute atomic E-state index is 12.6. The molecule has 0 amide bonds. The zero-order valence-electron chi connectivity index (χ0n) is 35.3. The Balaban J connectivity index is 4.46. The summed E-state index contributed by atoms with van der Waals surface area (Å²) in [6.07, 6.45) is 48.4. The Morgan fingerprint density at radius 2 is 0.930 bits per heavy atom. The van der Waals surface area contributed by atoms with Crippen LogP contribution in [0, 0.1) is 0 Å². The van der Waals surface area contributed by atoms with Crippen molar-refractivity contribution >= 4 is 19.8 Å². The molecule has 3 N–H and O–H groups in total. The quantitative estimate of drug-likeness (QED) is 0.0237. The van der Waals surface area contributed by atoms with Gasteiger partial charge in [0, 0.05) is 12.8 Å². The van der Waals surface area contributed by atoms with E-state index in [1.165, 1.54) is 38.5 Å². The monoisotopic (exact) mass is 821 g/mol. The average Bonchev–Trinajstić information content (AvgIpc) is 3.20. The summed E-state index contributed by atoms with van der Waals surface area (Å²) in [6.45, 7) is 2.21. The molecule has 0 aliphatic carbocycles. The van der Waals surface area contributed by atoms with Gasteiger partial charge in [0.2, 0.25) is 0 Å². The fraction of sp³-hybridized carbons (Fsp3) is 0.652. The highest BCUT2D eigenvalue weighted by molar-refractivity contribution is 7.47. The number of carbonyl (C=O) groups is 2. The molecule has 0 radical (unpaired) electrons. The van der Waals surface area contributed by atoms with E-state index in [1.807, 2.05) is 6.08 Å². The minimum Gasteiger partial charge on any atom is -0.462 e. The van der Waals surface area contributed by atoms with Crippen molar-refractivity contribution in [3.05, 3.63) is 85.1 Å². The molecule has 0 aromatic rings. The molecule has 0 saturated carbocycles. The van der Waals surface area contributed by atoms with Gasteiger partial charge in [0.25, 0.3) is 0 Å². The largest absolute Gasteiger partial charge is 0.472 e. The van der Waals surface area contributed by atoms with E-state index >= 15 is 0 Å². The lowest BCUT2D eigenvalue weighted by Crippen LogP contribution is -2.29. The maximum Gasteiger partial charge on any atom is 0.472 e. The van der Waals surface area contributed by atoms with Gasteiger partial charge >= 0.3 is 19.8 Å². The number of esters is 2. The van der Waals surface area contributed by atoms with E-state index in [1.54, 1.807) is 0 Å². The highest BCUT2D eigenvalue weighted by Crippen LogP contribution is 2.43. The third-order valence-electron chi connectivity index (χ3n) is 8.52. The normalized spacial score (nSPS) is 14.7. The summed E-state index contributed by atoms with van der Waals surface area (Å²) < 4.78 is 32.6. The number of aliphatic hydroxyl groups excluding tert-OH is 2. The van der Waals surface area contributed by atoms with Crippen LogP contribution in [-0.2, 0) is 32.7 Å². The molecule has 0 aromatic heterocycles. The van der Waals surface area contributed by atoms with E-state index in [-0.39, 0.29) is 19.4 Å². The topological polar surface area (TPSA) is 149 Å². The molecular weight excluding hydrogens is 743 g/mol. The number of phosphoric ester groups is 1. The van der Waals surface area contributed by atoms with Crippen LogP contribution < -0.4 is 0 Å². The van der Waals surface area contributed by atoms with Crippen molar-refractivity contribution in [3.63, 3.8) is 0 Å². The van der Waals surface area contributed by atoms with Gasteiger partial charge in [0.1, 0.15) is 12.7 Å². The molecular formula is C46H77O10P. The van der Waals surface area contributed by atoms with E-state index in [0.717, 1.165) is 70.6 Å². The van der Waals surface area contributed by atoms with Crippen molar-refractivity contribution in [2.75, 3.05) is 26.4 Å². The van der Waals surface area contributed by atoms with Crippen LogP contribution in [0.1, 0.15) is 155 Å². The van der Waals surface area contributed by atoms with Gasteiger partial charge in [-0.25, -0.2) is 4.57 Å². The van der Waals surface area contributed by atoms with E-state index < -0.39 is 51.8 Å². The van der Waals surface area contributed by atoms with Crippen LogP contribution in [0.2, 0.25) is 0 Å². The van der Waals surface area contributed by atoms with Crippen LogP contribution in [0.3, 0.4) is 0 Å². The minimum atomic E-state index is -4.64. The number of rotatable bonds is 39. The standard InChI is InChI=1S/C46H77O10P/c1-3-5-7-9-11-13-15-17-19-21-23-25-27-29-31-33-35-37-45(49)53-41-44(42-55-57(51,52)54-40-43(48)39-47)56-46(50)38-36-34-32-30-28-26-24-22-20-18-16-14-12-10-8-6-4-2/h11-14,17-20,23-26,29,31,43-44,47-48H,3-10,15-16,21-22,27-28,30,32-42H2,1-2H3,(H,51,52)/b13-11-,14-12-,19-17-,20-18-,25-23-,26-24-,31-29-/t43-,44+/m0/s1. The summed E-state index contributed by atoms with van der Waals surface area (Å²) in [5.74, 6) is -1.02. The van der Waals surface area contributed by atoms with Crippen LogP contribution in [-0.4, -0.2) is 65.7 Å². The molecule has 326 valence electrons. The van der Waals surface area contributed by atoms with Crippen LogP contribution >= 0.6 is 7.82 Å². The van der Waals surface area contributed by atoms with Crippen molar-refractivity contribution in [1.29, 1.82) is 0 Å². The third kappa shape index (κ3) is 41.1. The minimum absolute atomic E-state index is 0.142. The Bertz CT molecular complexity index is 1220. The van der Waals surface area contributed by atoms with E-state index in [9.17, 15) is 24.2 Å². The van der Waals surface area contributed by atoms with Crippen LogP contribution in [0.25, 0.3) is 0 Å². The average molecular weight is 821 g/mol. The number of aliphatic hydroxyl groups is 2. The molecule has 0 aromatic carbocycles. The summed E-state index contributed by atoms with van der Waals surface area (Å²) >= 11 is 0. The first-order valence-corrected chi connectivity index (χ1v) is 23.0. The molecule has 0 rings (SSSR count). The van der Waals surface area contributed by atoms with Gasteiger partial charge in [-0.2, -0.15) is 0 Å². The lowest BCUT2D eigenvalue weighted by atomic mass is 10.1. The predicted octanol–water partition coefficient (Wildman–Crippen LogP) is 11.4. The second-order valence-electron chi connectivity index (χ2n) is 14.0. The number of carbonyl (C=O) groups excluding carboxylic acids is 2. The zero-order valence-corrected chi connectivity index (χ0v) is 36.2. The van der Waals surface area contributed by atoms with Gasteiger partial charge < -0.3 is 24.6 Å². The van der Waals surface area contributed by atoms with Crippen molar-refractivity contribution in [1.82, 2.24) is 0 Å². The van der Waals surface area contributed by atoms with E-state index in [4.69, 9.17) is 19.1 Å². The SMILES string of the molecule is CCCCC/C=C\C/C=C\C/C=C\C/C=C\CCCC(=O)OC[C@H](COP(=O)(O)OC[C@@H](O)CO)OC(=O)CCCCCC/C=C\C/C=C\C/C=C\CCCCC. The van der Waals surface area contributed by atoms with Gasteiger partial charge in [-0.1, -0.05) is 137 Å². The third-order valence-corrected chi connectivity index (χ3v) is 9.47. The van der Waals surface area contributed by atoms with E-state index in [0.29, 0.717) is 19.3 Å². The Morgan fingerprint density at radius 3 is 1.40 bits per heavy atom. The highest BCUT2D eigenvalue weighted by atomic mass is 31.2. The van der Waals surface area contributed by atoms with Crippen molar-refractivity contribution in [2.24, 2.45) is 0 Å². The second kappa shape index (κ2) is 41.3. The number of ether oxygens (including phenoxy) is 2. The fourth-order valence-corrected chi connectivity index (χ4v) is 5.96. The first-order chi connectivity index (χ1) is 27.7. The van der Waals surface area contributed by atoms with Gasteiger partial charge in [-0.3, -0.25) is 18.6 Å². The molecule has 57 heavy (non-hydrogen) atoms. The van der Waals surface area contributed by atoms with Gasteiger partial charge in [-0.15, -0.1) is 0 Å². The molecule has 3 atom stereocenters. The maximum atomic E-state index is 12.6. The Morgan fingerprint density at radius 1 is 0.526 bits per heavy atom. The van der Waals surface area contributed by atoms with Gasteiger partial charge in [-0.05, 0) is 89.9 Å². The molecule has 0 spiro atoms. The fourth-order valence-electron chi connectivity index (χ4n) is 5.17. The smallest absolute Gasteiger partial charge is 0.462 e. The predicted molar refractivity (Wildman–Crippen MR) is 233 cm³/mol. The Kier molecular flexibility index (Phi) is 39.2. The molecule has 11 heteroatoms. The van der Waals surface area contributed by atoms with E-state index in [2.05, 4.69) is 97.4 Å². The lowest BCUT2D eigenvalue weighted by Gasteiger charge is -2.20. The van der Waals surface area contributed by atoms with Gasteiger partial charge in [0.15, 0.2) is 6.10 Å².